The molecule has 0 amide bonds. The third kappa shape index (κ3) is 6.34. The fraction of sp³-hybridized carbons (Fsp3) is 0.630. The second-order valence-electron chi connectivity index (χ2n) is 9.08. The molecule has 0 N–H and O–H groups in total. The van der Waals surface area contributed by atoms with E-state index < -0.39 is 0 Å². The average molecular weight is 381 g/mol. The number of allylic oxidation sites excluding steroid dienone is 2. The molecular weight excluding hydrogens is 340 g/mol. The first kappa shape index (κ1) is 21.4. The van der Waals surface area contributed by atoms with Gasteiger partial charge in [-0.15, -0.1) is 6.58 Å². The smallest absolute Gasteiger partial charge is 0.0721 e. The molecule has 0 bridgehead atoms. The molecule has 0 saturated heterocycles. The van der Waals surface area contributed by atoms with Gasteiger partial charge in [0.15, 0.2) is 0 Å². The Balaban J connectivity index is 1.39. The van der Waals surface area contributed by atoms with E-state index in [0.717, 1.165) is 23.7 Å². The van der Waals surface area contributed by atoms with Crippen molar-refractivity contribution >= 4 is 0 Å². The molecular formula is C27H40O. The van der Waals surface area contributed by atoms with E-state index in [0.29, 0.717) is 13.2 Å². The van der Waals surface area contributed by atoms with Crippen LogP contribution < -0.4 is 0 Å². The summed E-state index contributed by atoms with van der Waals surface area (Å²) in [7, 11) is 0. The maximum atomic E-state index is 5.55. The van der Waals surface area contributed by atoms with Crippen molar-refractivity contribution in [3.05, 3.63) is 60.2 Å². The molecule has 0 aromatic heterocycles. The molecule has 1 aromatic carbocycles. The highest BCUT2D eigenvalue weighted by atomic mass is 16.5. The summed E-state index contributed by atoms with van der Waals surface area (Å²) in [6.45, 7) is 7.16. The van der Waals surface area contributed by atoms with Crippen molar-refractivity contribution in [2.45, 2.75) is 83.7 Å². The van der Waals surface area contributed by atoms with Crippen molar-refractivity contribution < 1.29 is 4.74 Å². The number of rotatable bonds is 9. The highest BCUT2D eigenvalue weighted by molar-refractivity contribution is 5.25. The van der Waals surface area contributed by atoms with Crippen LogP contribution in [0.4, 0.5) is 0 Å². The SMILES string of the molecule is C=CCOCc1ccc([C@H]2CC[C@H]([C@H]3CC[C@H](CCC=CC)CC3)CC2)cc1. The molecule has 0 radical (unpaired) electrons. The van der Waals surface area contributed by atoms with Gasteiger partial charge in [-0.3, -0.25) is 0 Å². The monoisotopic (exact) mass is 380 g/mol. The third-order valence-corrected chi connectivity index (χ3v) is 7.26. The van der Waals surface area contributed by atoms with Crippen LogP contribution in [0.3, 0.4) is 0 Å². The summed E-state index contributed by atoms with van der Waals surface area (Å²) < 4.78 is 5.55. The molecule has 0 aliphatic heterocycles. The predicted octanol–water partition coefficient (Wildman–Crippen LogP) is 7.83. The van der Waals surface area contributed by atoms with E-state index in [1.807, 2.05) is 6.08 Å². The summed E-state index contributed by atoms with van der Waals surface area (Å²) in [6, 6.07) is 9.18. The first-order chi connectivity index (χ1) is 13.8. The van der Waals surface area contributed by atoms with E-state index in [9.17, 15) is 0 Å². The van der Waals surface area contributed by atoms with Gasteiger partial charge in [0.1, 0.15) is 0 Å². The topological polar surface area (TPSA) is 9.23 Å². The zero-order chi connectivity index (χ0) is 19.6. The lowest BCUT2D eigenvalue weighted by molar-refractivity contribution is 0.149. The Hall–Kier alpha value is -1.34. The Morgan fingerprint density at radius 3 is 2.18 bits per heavy atom. The highest BCUT2D eigenvalue weighted by Gasteiger charge is 2.31. The van der Waals surface area contributed by atoms with Gasteiger partial charge in [-0.1, -0.05) is 55.3 Å². The molecule has 0 spiro atoms. The summed E-state index contributed by atoms with van der Waals surface area (Å²) in [4.78, 5) is 0. The van der Waals surface area contributed by atoms with Gasteiger partial charge in [-0.25, -0.2) is 0 Å². The number of benzene rings is 1. The molecule has 0 atom stereocenters. The summed E-state index contributed by atoms with van der Waals surface area (Å²) in [5.74, 6) is 3.79. The Labute approximate surface area is 173 Å². The van der Waals surface area contributed by atoms with Crippen LogP contribution in [-0.2, 0) is 11.3 Å². The number of hydrogen-bond donors (Lipinski definition) is 0. The lowest BCUT2D eigenvalue weighted by Gasteiger charge is -2.38. The van der Waals surface area contributed by atoms with Crippen molar-refractivity contribution in [3.8, 4) is 0 Å². The Morgan fingerprint density at radius 1 is 0.929 bits per heavy atom. The lowest BCUT2D eigenvalue weighted by atomic mass is 9.68. The zero-order valence-electron chi connectivity index (χ0n) is 18.0. The fourth-order valence-corrected chi connectivity index (χ4v) is 5.52. The van der Waals surface area contributed by atoms with Crippen LogP contribution in [0.25, 0.3) is 0 Å². The maximum absolute atomic E-state index is 5.55. The molecule has 28 heavy (non-hydrogen) atoms. The Morgan fingerprint density at radius 2 is 1.57 bits per heavy atom. The van der Waals surface area contributed by atoms with Gasteiger partial charge in [-0.2, -0.15) is 0 Å². The minimum Gasteiger partial charge on any atom is -0.373 e. The van der Waals surface area contributed by atoms with Gasteiger partial charge in [0.2, 0.25) is 0 Å². The fourth-order valence-electron chi connectivity index (χ4n) is 5.52. The van der Waals surface area contributed by atoms with E-state index in [1.165, 1.54) is 69.8 Å². The van der Waals surface area contributed by atoms with Crippen LogP contribution >= 0.6 is 0 Å². The second kappa shape index (κ2) is 11.6. The van der Waals surface area contributed by atoms with Crippen molar-refractivity contribution in [1.29, 1.82) is 0 Å². The van der Waals surface area contributed by atoms with Crippen LogP contribution in [0.5, 0.6) is 0 Å². The average Bonchev–Trinajstić information content (AvgIpc) is 2.75. The molecule has 3 rings (SSSR count). The molecule has 0 heterocycles. The first-order valence-electron chi connectivity index (χ1n) is 11.7. The van der Waals surface area contributed by atoms with Crippen LogP contribution in [0.15, 0.2) is 49.1 Å². The standard InChI is InChI=1S/C27H40O/c1-3-5-6-7-22-8-12-24(13-9-22)26-16-18-27(19-17-26)25-14-10-23(11-15-25)21-28-20-4-2/h3-5,10-11,14-15,22,24,26-27H,2,6-9,12-13,16-21H2,1H3/t22-,24-,26-,27-. The van der Waals surface area contributed by atoms with Gasteiger partial charge in [0.25, 0.3) is 0 Å². The number of hydrogen-bond acceptors (Lipinski definition) is 1. The van der Waals surface area contributed by atoms with Crippen LogP contribution in [0.2, 0.25) is 0 Å². The van der Waals surface area contributed by atoms with Crippen molar-refractivity contribution in [1.82, 2.24) is 0 Å². The quantitative estimate of drug-likeness (QED) is 0.313. The first-order valence-corrected chi connectivity index (χ1v) is 11.7. The maximum Gasteiger partial charge on any atom is 0.0721 e. The van der Waals surface area contributed by atoms with E-state index in [-0.39, 0.29) is 0 Å². The normalized spacial score (nSPS) is 28.5. The lowest BCUT2D eigenvalue weighted by Crippen LogP contribution is -2.25. The summed E-state index contributed by atoms with van der Waals surface area (Å²) >= 11 is 0. The largest absolute Gasteiger partial charge is 0.373 e. The van der Waals surface area contributed by atoms with E-state index in [2.05, 4.69) is 49.9 Å². The molecule has 1 aromatic rings. The third-order valence-electron chi connectivity index (χ3n) is 7.26. The second-order valence-corrected chi connectivity index (χ2v) is 9.08. The van der Waals surface area contributed by atoms with Gasteiger partial charge < -0.3 is 4.74 Å². The zero-order valence-corrected chi connectivity index (χ0v) is 18.0. The highest BCUT2D eigenvalue weighted by Crippen LogP contribution is 2.44. The molecule has 2 saturated carbocycles. The van der Waals surface area contributed by atoms with E-state index in [4.69, 9.17) is 4.74 Å². The van der Waals surface area contributed by atoms with Crippen molar-refractivity contribution in [3.63, 3.8) is 0 Å². The van der Waals surface area contributed by atoms with E-state index in [1.54, 1.807) is 5.56 Å². The van der Waals surface area contributed by atoms with Gasteiger partial charge in [-0.05, 0) is 93.1 Å². The molecule has 1 nitrogen and oxygen atoms in total. The van der Waals surface area contributed by atoms with Gasteiger partial charge >= 0.3 is 0 Å². The van der Waals surface area contributed by atoms with Gasteiger partial charge in [0, 0.05) is 0 Å². The van der Waals surface area contributed by atoms with Gasteiger partial charge in [0.05, 0.1) is 13.2 Å². The molecule has 2 aliphatic rings. The molecule has 154 valence electrons. The molecule has 2 fully saturated rings. The van der Waals surface area contributed by atoms with Crippen LogP contribution in [0.1, 0.15) is 88.2 Å². The summed E-state index contributed by atoms with van der Waals surface area (Å²) in [6.07, 6.45) is 20.7. The minimum absolute atomic E-state index is 0.628. The minimum atomic E-state index is 0.628. The molecule has 1 heteroatoms. The predicted molar refractivity (Wildman–Crippen MR) is 120 cm³/mol. The van der Waals surface area contributed by atoms with E-state index >= 15 is 0 Å². The van der Waals surface area contributed by atoms with Crippen molar-refractivity contribution in [2.75, 3.05) is 6.61 Å². The van der Waals surface area contributed by atoms with Crippen LogP contribution in [0, 0.1) is 17.8 Å². The molecule has 2 aliphatic carbocycles. The number of ether oxygens (including phenoxy) is 1. The van der Waals surface area contributed by atoms with Crippen LogP contribution in [-0.4, -0.2) is 6.61 Å². The Kier molecular flexibility index (Phi) is 8.86. The summed E-state index contributed by atoms with van der Waals surface area (Å²) in [5.41, 5.74) is 2.81. The summed E-state index contributed by atoms with van der Waals surface area (Å²) in [5, 5.41) is 0. The Bertz CT molecular complexity index is 583. The van der Waals surface area contributed by atoms with Crippen molar-refractivity contribution in [2.24, 2.45) is 17.8 Å². The molecule has 0 unspecified atom stereocenters.